The van der Waals surface area contributed by atoms with Crippen molar-refractivity contribution in [3.63, 3.8) is 0 Å². The van der Waals surface area contributed by atoms with Crippen LogP contribution in [0.15, 0.2) is 24.3 Å². The summed E-state index contributed by atoms with van der Waals surface area (Å²) in [5, 5.41) is 9.36. The zero-order valence-electron chi connectivity index (χ0n) is 14.7. The number of anilines is 1. The number of aliphatic hydroxyl groups is 1. The molecule has 4 rings (SSSR count). The fourth-order valence-electron chi connectivity index (χ4n) is 3.76. The Bertz CT molecular complexity index is 698. The van der Waals surface area contributed by atoms with Gasteiger partial charge in [-0.15, -0.1) is 0 Å². The Labute approximate surface area is 148 Å². The number of hydrogen-bond acceptors (Lipinski definition) is 6. The van der Waals surface area contributed by atoms with Gasteiger partial charge >= 0.3 is 0 Å². The fourth-order valence-corrected chi connectivity index (χ4v) is 3.76. The maximum atomic E-state index is 9.36. The summed E-state index contributed by atoms with van der Waals surface area (Å²) in [4.78, 5) is 12.0. The monoisotopic (exact) mass is 345 g/mol. The van der Waals surface area contributed by atoms with Crippen LogP contribution in [0.4, 0.5) is 5.95 Å². The van der Waals surface area contributed by atoms with E-state index in [0.29, 0.717) is 6.54 Å². The Balaban J connectivity index is 1.48. The molecule has 2 aliphatic heterocycles. The molecule has 0 aliphatic carbocycles. The van der Waals surface area contributed by atoms with Crippen LogP contribution in [0.1, 0.15) is 6.42 Å². The number of rotatable bonds is 6. The Morgan fingerprint density at radius 2 is 1.84 bits per heavy atom. The standard InChI is InChI=1S/C18H27N5O2/c24-11-8-21-14-22(7-3-6-20-9-12-25-13-10-20)18-19-16-4-1-2-5-17(16)23(18)15-21/h1-2,4-5,24H,3,6-15H2. The van der Waals surface area contributed by atoms with Crippen molar-refractivity contribution in [3.05, 3.63) is 24.3 Å². The highest BCUT2D eigenvalue weighted by atomic mass is 16.5. The average molecular weight is 345 g/mol. The van der Waals surface area contributed by atoms with Crippen LogP contribution < -0.4 is 4.90 Å². The molecule has 1 N–H and O–H groups in total. The molecule has 136 valence electrons. The maximum Gasteiger partial charge on any atom is 0.208 e. The molecule has 1 aromatic heterocycles. The van der Waals surface area contributed by atoms with Crippen molar-refractivity contribution in [1.82, 2.24) is 19.4 Å². The molecular formula is C18H27N5O2. The van der Waals surface area contributed by atoms with E-state index in [1.54, 1.807) is 0 Å². The molecule has 0 unspecified atom stereocenters. The number of benzene rings is 1. The SMILES string of the molecule is OCCN1CN(CCCN2CCOCC2)c2nc3ccccc3n2C1. The number of ether oxygens (including phenoxy) is 1. The number of nitrogens with zero attached hydrogens (tertiary/aromatic N) is 5. The summed E-state index contributed by atoms with van der Waals surface area (Å²) in [6.45, 7) is 8.33. The molecule has 2 aliphatic rings. The summed E-state index contributed by atoms with van der Waals surface area (Å²) < 4.78 is 7.69. The summed E-state index contributed by atoms with van der Waals surface area (Å²) in [5.74, 6) is 1.05. The van der Waals surface area contributed by atoms with Gasteiger partial charge in [0.05, 0.1) is 44.2 Å². The van der Waals surface area contributed by atoms with E-state index in [2.05, 4.69) is 37.5 Å². The first-order valence-corrected chi connectivity index (χ1v) is 9.19. The van der Waals surface area contributed by atoms with Gasteiger partial charge < -0.3 is 14.7 Å². The number of morpholine rings is 1. The van der Waals surface area contributed by atoms with Crippen LogP contribution in [0, 0.1) is 0 Å². The summed E-state index contributed by atoms with van der Waals surface area (Å²) in [6, 6.07) is 8.30. The van der Waals surface area contributed by atoms with Crippen molar-refractivity contribution in [2.75, 3.05) is 64.1 Å². The summed E-state index contributed by atoms with van der Waals surface area (Å²) in [5.41, 5.74) is 2.21. The quantitative estimate of drug-likeness (QED) is 0.835. The predicted molar refractivity (Wildman–Crippen MR) is 97.6 cm³/mol. The van der Waals surface area contributed by atoms with Gasteiger partial charge in [-0.1, -0.05) is 12.1 Å². The number of aliphatic hydroxyl groups excluding tert-OH is 1. The molecule has 1 aromatic carbocycles. The smallest absolute Gasteiger partial charge is 0.208 e. The predicted octanol–water partition coefficient (Wildman–Crippen LogP) is 0.788. The second-order valence-electron chi connectivity index (χ2n) is 6.80. The van der Waals surface area contributed by atoms with E-state index in [1.807, 2.05) is 6.07 Å². The van der Waals surface area contributed by atoms with Gasteiger partial charge in [-0.05, 0) is 18.6 Å². The second-order valence-corrected chi connectivity index (χ2v) is 6.80. The third-order valence-corrected chi connectivity index (χ3v) is 5.05. The van der Waals surface area contributed by atoms with Gasteiger partial charge in [-0.2, -0.15) is 0 Å². The maximum absolute atomic E-state index is 9.36. The van der Waals surface area contributed by atoms with Crippen molar-refractivity contribution >= 4 is 17.0 Å². The zero-order valence-corrected chi connectivity index (χ0v) is 14.7. The van der Waals surface area contributed by atoms with Gasteiger partial charge in [0.15, 0.2) is 0 Å². The molecule has 3 heterocycles. The summed E-state index contributed by atoms with van der Waals surface area (Å²) in [6.07, 6.45) is 1.11. The lowest BCUT2D eigenvalue weighted by atomic mass is 10.3. The molecule has 0 spiro atoms. The van der Waals surface area contributed by atoms with E-state index in [-0.39, 0.29) is 6.61 Å². The molecule has 7 nitrogen and oxygen atoms in total. The zero-order chi connectivity index (χ0) is 17.1. The molecule has 0 radical (unpaired) electrons. The van der Waals surface area contributed by atoms with E-state index < -0.39 is 0 Å². The Morgan fingerprint density at radius 3 is 2.68 bits per heavy atom. The highest BCUT2D eigenvalue weighted by Crippen LogP contribution is 2.26. The van der Waals surface area contributed by atoms with Gasteiger partial charge in [0, 0.05) is 32.7 Å². The summed E-state index contributed by atoms with van der Waals surface area (Å²) in [7, 11) is 0. The number of imidazole rings is 1. The van der Waals surface area contributed by atoms with Gasteiger partial charge in [-0.3, -0.25) is 14.4 Å². The van der Waals surface area contributed by atoms with Gasteiger partial charge in [-0.25, -0.2) is 4.98 Å². The van der Waals surface area contributed by atoms with Crippen LogP contribution in [-0.2, 0) is 11.4 Å². The van der Waals surface area contributed by atoms with Crippen LogP contribution in [-0.4, -0.2) is 83.7 Å². The third kappa shape index (κ3) is 3.64. The van der Waals surface area contributed by atoms with Crippen LogP contribution in [0.3, 0.4) is 0 Å². The lowest BCUT2D eigenvalue weighted by molar-refractivity contribution is 0.0374. The molecule has 0 amide bonds. The Hall–Kier alpha value is -1.67. The van der Waals surface area contributed by atoms with Gasteiger partial charge in [0.25, 0.3) is 0 Å². The largest absolute Gasteiger partial charge is 0.395 e. The minimum Gasteiger partial charge on any atom is -0.395 e. The molecule has 1 fully saturated rings. The first-order valence-electron chi connectivity index (χ1n) is 9.19. The molecule has 2 aromatic rings. The minimum absolute atomic E-state index is 0.184. The molecular weight excluding hydrogens is 318 g/mol. The first-order chi connectivity index (χ1) is 12.3. The molecule has 0 bridgehead atoms. The number of β-amino-alcohol motifs (C(OH)–C–C–N with tert-alkyl or cyclic N) is 1. The Kier molecular flexibility index (Phi) is 5.17. The number of aromatic nitrogens is 2. The molecule has 25 heavy (non-hydrogen) atoms. The van der Waals surface area contributed by atoms with Crippen molar-refractivity contribution in [2.24, 2.45) is 0 Å². The van der Waals surface area contributed by atoms with Crippen molar-refractivity contribution in [2.45, 2.75) is 13.1 Å². The number of hydrogen-bond donors (Lipinski definition) is 1. The average Bonchev–Trinajstić information content (AvgIpc) is 3.02. The highest BCUT2D eigenvalue weighted by Gasteiger charge is 2.25. The normalized spacial score (nSPS) is 19.5. The van der Waals surface area contributed by atoms with E-state index >= 15 is 0 Å². The van der Waals surface area contributed by atoms with Gasteiger partial charge in [0.2, 0.25) is 5.95 Å². The van der Waals surface area contributed by atoms with Crippen molar-refractivity contribution in [3.8, 4) is 0 Å². The van der Waals surface area contributed by atoms with Crippen molar-refractivity contribution in [1.29, 1.82) is 0 Å². The topological polar surface area (TPSA) is 57.0 Å². The minimum atomic E-state index is 0.184. The molecule has 7 heteroatoms. The lowest BCUT2D eigenvalue weighted by Gasteiger charge is -2.37. The third-order valence-electron chi connectivity index (χ3n) is 5.05. The van der Waals surface area contributed by atoms with Crippen LogP contribution in [0.5, 0.6) is 0 Å². The number of fused-ring (bicyclic) bond motifs is 3. The highest BCUT2D eigenvalue weighted by molar-refractivity contribution is 5.79. The molecule has 0 atom stereocenters. The van der Waals surface area contributed by atoms with E-state index in [0.717, 1.165) is 70.6 Å². The van der Waals surface area contributed by atoms with E-state index in [4.69, 9.17) is 9.72 Å². The summed E-state index contributed by atoms with van der Waals surface area (Å²) >= 11 is 0. The van der Waals surface area contributed by atoms with Crippen molar-refractivity contribution < 1.29 is 9.84 Å². The lowest BCUT2D eigenvalue weighted by Crippen LogP contribution is -2.47. The van der Waals surface area contributed by atoms with Gasteiger partial charge in [0.1, 0.15) is 0 Å². The second kappa shape index (κ2) is 7.70. The first kappa shape index (κ1) is 16.8. The molecule has 0 saturated carbocycles. The van der Waals surface area contributed by atoms with Crippen LogP contribution in [0.25, 0.3) is 11.0 Å². The van der Waals surface area contributed by atoms with E-state index in [1.165, 1.54) is 5.52 Å². The van der Waals surface area contributed by atoms with Crippen LogP contribution >= 0.6 is 0 Å². The van der Waals surface area contributed by atoms with E-state index in [9.17, 15) is 5.11 Å². The van der Waals surface area contributed by atoms with Crippen LogP contribution in [0.2, 0.25) is 0 Å². The molecule has 1 saturated heterocycles. The fraction of sp³-hybridized carbons (Fsp3) is 0.611. The Morgan fingerprint density at radius 1 is 1.00 bits per heavy atom. The number of para-hydroxylation sites is 2.